The number of unbranched alkanes of at least 4 members (excludes halogenated alkanes) is 53. The van der Waals surface area contributed by atoms with E-state index in [1.807, 2.05) is 0 Å². The van der Waals surface area contributed by atoms with E-state index in [0.29, 0.717) is 25.7 Å². The molecule has 5 atom stereocenters. The minimum atomic E-state index is -4.96. The number of phosphoric acid groups is 2. The van der Waals surface area contributed by atoms with Crippen molar-refractivity contribution in [2.45, 2.75) is 464 Å². The molecule has 19 heteroatoms. The summed E-state index contributed by atoms with van der Waals surface area (Å²) in [5, 5.41) is 10.7. The maximum Gasteiger partial charge on any atom is 0.472 e. The normalized spacial score (nSPS) is 13.9. The second-order valence-corrected chi connectivity index (χ2v) is 34.1. The van der Waals surface area contributed by atoms with E-state index in [-0.39, 0.29) is 25.7 Å². The molecule has 0 radical (unpaired) electrons. The highest BCUT2D eigenvalue weighted by molar-refractivity contribution is 7.47. The summed E-state index contributed by atoms with van der Waals surface area (Å²) in [6.07, 6.45) is 66.7. The number of ether oxygens (including phenoxy) is 4. The van der Waals surface area contributed by atoms with Gasteiger partial charge < -0.3 is 33.8 Å². The molecule has 3 N–H and O–H groups in total. The number of hydrogen-bond acceptors (Lipinski definition) is 15. The molecule has 0 aliphatic carbocycles. The number of rotatable bonds is 83. The molecule has 0 saturated heterocycles. The number of carbonyl (C=O) groups excluding carboxylic acids is 4. The van der Waals surface area contributed by atoms with Crippen LogP contribution in [0.2, 0.25) is 0 Å². The Morgan fingerprint density at radius 2 is 0.447 bits per heavy atom. The summed E-state index contributed by atoms with van der Waals surface area (Å²) < 4.78 is 68.8. The van der Waals surface area contributed by atoms with Crippen molar-refractivity contribution in [2.24, 2.45) is 11.8 Å². The average Bonchev–Trinajstić information content (AvgIpc) is 1.00. The Balaban J connectivity index is 5.22. The van der Waals surface area contributed by atoms with Gasteiger partial charge in [0.2, 0.25) is 0 Å². The molecular formula is C84H164O17P2. The zero-order chi connectivity index (χ0) is 75.6. The van der Waals surface area contributed by atoms with Crippen molar-refractivity contribution in [3.63, 3.8) is 0 Å². The Labute approximate surface area is 632 Å². The van der Waals surface area contributed by atoms with Crippen molar-refractivity contribution in [1.29, 1.82) is 0 Å². The first-order valence-corrected chi connectivity index (χ1v) is 46.5. The van der Waals surface area contributed by atoms with Crippen LogP contribution in [-0.2, 0) is 65.4 Å². The molecule has 0 aliphatic heterocycles. The fourth-order valence-corrected chi connectivity index (χ4v) is 14.6. The Bertz CT molecular complexity index is 1980. The highest BCUT2D eigenvalue weighted by Crippen LogP contribution is 2.45. The van der Waals surface area contributed by atoms with Crippen LogP contribution in [0.25, 0.3) is 0 Å². The van der Waals surface area contributed by atoms with E-state index in [1.54, 1.807) is 0 Å². The predicted molar refractivity (Wildman–Crippen MR) is 423 cm³/mol. The summed E-state index contributed by atoms with van der Waals surface area (Å²) in [5.41, 5.74) is 0. The molecule has 0 aromatic heterocycles. The van der Waals surface area contributed by atoms with Gasteiger partial charge in [0.05, 0.1) is 26.4 Å². The van der Waals surface area contributed by atoms with Gasteiger partial charge in [-0.15, -0.1) is 0 Å². The fraction of sp³-hybridized carbons (Fsp3) is 0.952. The average molecular weight is 1510 g/mol. The van der Waals surface area contributed by atoms with Crippen molar-refractivity contribution in [3.05, 3.63) is 0 Å². The molecule has 0 fully saturated rings. The highest BCUT2D eigenvalue weighted by Gasteiger charge is 2.30. The minimum Gasteiger partial charge on any atom is -0.462 e. The maximum atomic E-state index is 13.1. The van der Waals surface area contributed by atoms with E-state index < -0.39 is 97.5 Å². The topological polar surface area (TPSA) is 237 Å². The number of hydrogen-bond donors (Lipinski definition) is 3. The van der Waals surface area contributed by atoms with Gasteiger partial charge in [0.25, 0.3) is 0 Å². The summed E-state index contributed by atoms with van der Waals surface area (Å²) in [6.45, 7) is 9.66. The number of carbonyl (C=O) groups is 4. The van der Waals surface area contributed by atoms with Crippen molar-refractivity contribution in [3.8, 4) is 0 Å². The second-order valence-electron chi connectivity index (χ2n) is 31.2. The van der Waals surface area contributed by atoms with Gasteiger partial charge in [-0.05, 0) is 37.5 Å². The molecule has 17 nitrogen and oxygen atoms in total. The lowest BCUT2D eigenvalue weighted by Gasteiger charge is -2.21. The Morgan fingerprint density at radius 3 is 0.660 bits per heavy atom. The van der Waals surface area contributed by atoms with Crippen LogP contribution in [-0.4, -0.2) is 96.7 Å². The van der Waals surface area contributed by atoms with Crippen LogP contribution in [0.1, 0.15) is 446 Å². The van der Waals surface area contributed by atoms with Crippen LogP contribution in [0.3, 0.4) is 0 Å². The van der Waals surface area contributed by atoms with Crippen LogP contribution < -0.4 is 0 Å². The summed E-state index contributed by atoms with van der Waals surface area (Å²) in [7, 11) is -9.92. The molecule has 2 unspecified atom stereocenters. The Morgan fingerprint density at radius 1 is 0.262 bits per heavy atom. The van der Waals surface area contributed by atoms with Crippen molar-refractivity contribution in [1.82, 2.24) is 0 Å². The lowest BCUT2D eigenvalue weighted by Crippen LogP contribution is -2.30. The highest BCUT2D eigenvalue weighted by atomic mass is 31.2. The minimum absolute atomic E-state index is 0.106. The monoisotopic (exact) mass is 1510 g/mol. The van der Waals surface area contributed by atoms with Gasteiger partial charge in [-0.1, -0.05) is 395 Å². The molecule has 612 valence electrons. The zero-order valence-corrected chi connectivity index (χ0v) is 69.4. The van der Waals surface area contributed by atoms with Crippen molar-refractivity contribution >= 4 is 39.5 Å². The first kappa shape index (κ1) is 101. The summed E-state index contributed by atoms with van der Waals surface area (Å²) >= 11 is 0. The third-order valence-corrected chi connectivity index (χ3v) is 21.6. The smallest absolute Gasteiger partial charge is 0.462 e. The summed E-state index contributed by atoms with van der Waals surface area (Å²) in [5.74, 6) is -0.557. The van der Waals surface area contributed by atoms with Gasteiger partial charge in [-0.25, -0.2) is 9.13 Å². The molecule has 0 aromatic carbocycles. The van der Waals surface area contributed by atoms with Crippen LogP contribution >= 0.6 is 15.6 Å². The van der Waals surface area contributed by atoms with Gasteiger partial charge >= 0.3 is 39.5 Å². The second kappa shape index (κ2) is 75.5. The molecule has 0 aliphatic rings. The first-order chi connectivity index (χ1) is 49.9. The van der Waals surface area contributed by atoms with E-state index in [4.69, 9.17) is 37.0 Å². The number of phosphoric ester groups is 2. The van der Waals surface area contributed by atoms with Crippen molar-refractivity contribution in [2.75, 3.05) is 39.6 Å². The standard InChI is InChI=1S/C84H164O17P2/c1-7-9-11-13-15-17-19-20-21-22-23-24-25-26-31-34-38-44-50-56-62-68-83(88)100-79(72-95-82(87)67-61-55-49-43-37-33-30-28-27-29-32-36-40-46-52-58-64-76(3)4)74-98-102(90,91)96-70-78(85)71-97-103(92,93)99-75-80(73-94-81(86)66-60-54-48-42-35-18-16-14-12-10-8-2)101-84(89)69-63-57-51-45-39-41-47-53-59-65-77(5)6/h76-80,85H,7-75H2,1-6H3,(H,90,91)(H,92,93)/t78-,79-,80-/m1/s1. The van der Waals surface area contributed by atoms with Crippen LogP contribution in [0.5, 0.6) is 0 Å². The van der Waals surface area contributed by atoms with E-state index >= 15 is 0 Å². The van der Waals surface area contributed by atoms with E-state index in [1.165, 1.54) is 263 Å². The zero-order valence-electron chi connectivity index (χ0n) is 67.6. The molecular weight excluding hydrogens is 1340 g/mol. The first-order valence-electron chi connectivity index (χ1n) is 43.5. The van der Waals surface area contributed by atoms with E-state index in [9.17, 15) is 43.2 Å². The van der Waals surface area contributed by atoms with E-state index in [0.717, 1.165) is 102 Å². The summed E-state index contributed by atoms with van der Waals surface area (Å²) in [4.78, 5) is 73.1. The molecule has 103 heavy (non-hydrogen) atoms. The van der Waals surface area contributed by atoms with Gasteiger partial charge in [-0.3, -0.25) is 37.3 Å². The quantitative estimate of drug-likeness (QED) is 0.0222. The van der Waals surface area contributed by atoms with Gasteiger partial charge in [0, 0.05) is 25.7 Å². The van der Waals surface area contributed by atoms with Gasteiger partial charge in [0.15, 0.2) is 12.2 Å². The van der Waals surface area contributed by atoms with Gasteiger partial charge in [-0.2, -0.15) is 0 Å². The molecule has 0 amide bonds. The van der Waals surface area contributed by atoms with Crippen LogP contribution in [0.15, 0.2) is 0 Å². The van der Waals surface area contributed by atoms with Crippen LogP contribution in [0, 0.1) is 11.8 Å². The fourth-order valence-electron chi connectivity index (χ4n) is 13.1. The number of esters is 4. The molecule has 0 spiro atoms. The Kier molecular flexibility index (Phi) is 74.1. The largest absolute Gasteiger partial charge is 0.472 e. The number of aliphatic hydroxyl groups is 1. The third-order valence-electron chi connectivity index (χ3n) is 19.7. The SMILES string of the molecule is CCCCCCCCCCCCCCCCCCCCCCCC(=O)O[C@H](COC(=O)CCCCCCCCCCCCCCCCCCC(C)C)COP(=O)(O)OC[C@@H](O)COP(=O)(O)OC[C@@H](COC(=O)CCCCCCCCCCCCC)OC(=O)CCCCCCCCCCCC(C)C. The summed E-state index contributed by atoms with van der Waals surface area (Å²) in [6, 6.07) is 0. The van der Waals surface area contributed by atoms with Crippen molar-refractivity contribution < 1.29 is 80.2 Å². The van der Waals surface area contributed by atoms with E-state index in [2.05, 4.69) is 41.5 Å². The maximum absolute atomic E-state index is 13.1. The lowest BCUT2D eigenvalue weighted by molar-refractivity contribution is -0.161. The molecule has 0 rings (SSSR count). The molecule has 0 saturated carbocycles. The number of aliphatic hydroxyl groups excluding tert-OH is 1. The van der Waals surface area contributed by atoms with Gasteiger partial charge in [0.1, 0.15) is 19.3 Å². The predicted octanol–water partition coefficient (Wildman–Crippen LogP) is 25.5. The third kappa shape index (κ3) is 78.0. The molecule has 0 heterocycles. The lowest BCUT2D eigenvalue weighted by atomic mass is 10.0. The molecule has 0 bridgehead atoms. The van der Waals surface area contributed by atoms with Crippen LogP contribution in [0.4, 0.5) is 0 Å². The molecule has 0 aromatic rings. The Hall–Kier alpha value is -1.94.